The Hall–Kier alpha value is 1.65. The van der Waals surface area contributed by atoms with Crippen molar-refractivity contribution in [1.29, 1.82) is 0 Å². The van der Waals surface area contributed by atoms with Crippen LogP contribution in [-0.4, -0.2) is 15.1 Å². The number of alkyl halides is 1. The number of thioether (sulfide) groups is 4. The Balaban J connectivity index is 2.07. The smallest absolute Gasteiger partial charge is 0.0740 e. The van der Waals surface area contributed by atoms with Crippen LogP contribution in [-0.2, 0) is 0 Å². The highest BCUT2D eigenvalue weighted by Gasteiger charge is 2.33. The number of nitrogens with zero attached hydrogens (tertiary/aromatic N) is 3. The van der Waals surface area contributed by atoms with Gasteiger partial charge in [0.05, 0.1) is 14.6 Å². The highest BCUT2D eigenvalue weighted by molar-refractivity contribution is 14.1. The molecule has 0 radical (unpaired) electrons. The van der Waals surface area contributed by atoms with Crippen molar-refractivity contribution in [3.05, 3.63) is 26.7 Å². The van der Waals surface area contributed by atoms with Crippen molar-refractivity contribution in [2.45, 2.75) is 15.4 Å². The van der Waals surface area contributed by atoms with Gasteiger partial charge in [0, 0.05) is 21.6 Å². The summed E-state index contributed by atoms with van der Waals surface area (Å²) in [6, 6.07) is 0. The molecule has 2 rings (SSSR count). The predicted molar refractivity (Wildman–Crippen MR) is 99.7 cm³/mol. The molecule has 2 heterocycles. The molecule has 2 aliphatic rings. The van der Waals surface area contributed by atoms with Crippen molar-refractivity contribution >= 4 is 92.2 Å². The van der Waals surface area contributed by atoms with Gasteiger partial charge in [-0.25, -0.2) is 0 Å². The zero-order valence-electron chi connectivity index (χ0n) is 8.59. The Bertz CT molecular complexity index is 428. The van der Waals surface area contributed by atoms with Crippen molar-refractivity contribution in [3.63, 3.8) is 0 Å². The summed E-state index contributed by atoms with van der Waals surface area (Å²) < 4.78 is 4.65. The van der Waals surface area contributed by atoms with E-state index in [2.05, 4.69) is 62.1 Å². The zero-order chi connectivity index (χ0) is 12.4. The molecule has 0 N–H and O–H groups in total. The lowest BCUT2D eigenvalue weighted by atomic mass is 10.5. The van der Waals surface area contributed by atoms with Crippen LogP contribution in [0.15, 0.2) is 21.4 Å². The van der Waals surface area contributed by atoms with Crippen LogP contribution < -0.4 is 0 Å². The third kappa shape index (κ3) is 3.82. The Morgan fingerprint density at radius 1 is 1.35 bits per heavy atom. The second-order valence-corrected chi connectivity index (χ2v) is 12.3. The first kappa shape index (κ1) is 15.0. The van der Waals surface area contributed by atoms with Crippen LogP contribution in [0.2, 0.25) is 0 Å². The number of hydrogen-bond donors (Lipinski definition) is 0. The minimum atomic E-state index is 0.402. The number of halogens is 2. The van der Waals surface area contributed by atoms with Gasteiger partial charge < -0.3 is 0 Å². The van der Waals surface area contributed by atoms with E-state index in [0.29, 0.717) is 15.1 Å². The van der Waals surface area contributed by atoms with Crippen molar-refractivity contribution in [3.8, 4) is 0 Å². The van der Waals surface area contributed by atoms with Gasteiger partial charge in [-0.3, -0.25) is 0 Å². The number of allylic oxidation sites excluding steroid dienone is 1. The van der Waals surface area contributed by atoms with Gasteiger partial charge in [-0.15, -0.1) is 23.5 Å². The van der Waals surface area contributed by atoms with Crippen LogP contribution in [0.1, 0.15) is 6.92 Å². The molecule has 9 heteroatoms. The number of hydrogen-bond acceptors (Lipinski definition) is 5. The summed E-state index contributed by atoms with van der Waals surface area (Å²) in [5.74, 6) is 0. The zero-order valence-corrected chi connectivity index (χ0v) is 16.2. The molecule has 17 heavy (non-hydrogen) atoms. The lowest BCUT2D eigenvalue weighted by Gasteiger charge is -2.05. The van der Waals surface area contributed by atoms with E-state index in [1.807, 2.05) is 47.0 Å². The van der Waals surface area contributed by atoms with E-state index in [1.165, 1.54) is 16.3 Å². The summed E-state index contributed by atoms with van der Waals surface area (Å²) >= 11 is 12.3. The first-order valence-corrected chi connectivity index (χ1v) is 10.3. The minimum absolute atomic E-state index is 0.402. The van der Waals surface area contributed by atoms with E-state index in [4.69, 9.17) is 5.53 Å². The normalized spacial score (nSPS) is 33.1. The van der Waals surface area contributed by atoms with Gasteiger partial charge in [0.2, 0.25) is 0 Å². The first-order chi connectivity index (χ1) is 8.11. The molecule has 0 saturated carbocycles. The summed E-state index contributed by atoms with van der Waals surface area (Å²) in [6.07, 6.45) is 0. The van der Waals surface area contributed by atoms with Crippen LogP contribution in [0, 0.1) is 0 Å². The van der Waals surface area contributed by atoms with E-state index in [9.17, 15) is 0 Å². The van der Waals surface area contributed by atoms with Crippen LogP contribution in [0.5, 0.6) is 0 Å². The van der Waals surface area contributed by atoms with E-state index >= 15 is 0 Å². The highest BCUT2D eigenvalue weighted by Crippen LogP contribution is 2.60. The van der Waals surface area contributed by atoms with Crippen molar-refractivity contribution in [2.75, 3.05) is 6.54 Å². The van der Waals surface area contributed by atoms with Gasteiger partial charge in [0.25, 0.3) is 0 Å². The number of rotatable bonds is 2. The summed E-state index contributed by atoms with van der Waals surface area (Å²) in [6.45, 7) is 2.74. The summed E-state index contributed by atoms with van der Waals surface area (Å²) in [7, 11) is 0. The van der Waals surface area contributed by atoms with Gasteiger partial charge in [-0.2, -0.15) is 0 Å². The molecule has 92 valence electrons. The summed E-state index contributed by atoms with van der Waals surface area (Å²) in [5, 5.41) is 4.09. The highest BCUT2D eigenvalue weighted by atomic mass is 127. The molecule has 0 aromatic heterocycles. The molecule has 0 aliphatic carbocycles. The Labute approximate surface area is 144 Å². The molecule has 0 aromatic rings. The molecule has 1 fully saturated rings. The molecule has 0 aromatic carbocycles. The Kier molecular flexibility index (Phi) is 6.10. The molecular weight excluding hydrogens is 520 g/mol. The molecule has 1 saturated heterocycles. The van der Waals surface area contributed by atoms with Crippen LogP contribution >= 0.6 is 92.2 Å². The van der Waals surface area contributed by atoms with Crippen LogP contribution in [0.4, 0.5) is 0 Å². The first-order valence-electron chi connectivity index (χ1n) is 4.56. The maximum absolute atomic E-state index is 8.37. The summed E-state index contributed by atoms with van der Waals surface area (Å²) in [5.41, 5.74) is 8.37. The molecule has 0 bridgehead atoms. The van der Waals surface area contributed by atoms with Gasteiger partial charge >= 0.3 is 0 Å². The fourth-order valence-corrected chi connectivity index (χ4v) is 9.90. The van der Waals surface area contributed by atoms with Gasteiger partial charge in [-0.1, -0.05) is 51.2 Å². The number of azide groups is 1. The third-order valence-electron chi connectivity index (χ3n) is 1.97. The quantitative estimate of drug-likeness (QED) is 0.143. The van der Waals surface area contributed by atoms with Gasteiger partial charge in [-0.05, 0) is 35.0 Å². The second kappa shape index (κ2) is 6.89. The van der Waals surface area contributed by atoms with Gasteiger partial charge in [0.15, 0.2) is 0 Å². The standard InChI is InChI=1S/C8H7I2N3S4/c1-3-5(9)16-7(14-3)8-15-4(2-12-13-11)6(10)17-8/h4,6H,2H2,1H3/b8-7+. The van der Waals surface area contributed by atoms with Crippen molar-refractivity contribution in [1.82, 2.24) is 0 Å². The van der Waals surface area contributed by atoms with Crippen molar-refractivity contribution in [2.24, 2.45) is 5.11 Å². The fourth-order valence-electron chi connectivity index (χ4n) is 1.17. The van der Waals surface area contributed by atoms with Gasteiger partial charge in [0.1, 0.15) is 0 Å². The lowest BCUT2D eigenvalue weighted by Crippen LogP contribution is -2.11. The Morgan fingerprint density at radius 3 is 2.71 bits per heavy atom. The van der Waals surface area contributed by atoms with E-state index < -0.39 is 0 Å². The minimum Gasteiger partial charge on any atom is -0.112 e. The molecular formula is C8H7I2N3S4. The molecule has 2 aliphatic heterocycles. The maximum atomic E-state index is 8.37. The molecule has 3 nitrogen and oxygen atoms in total. The second-order valence-electron chi connectivity index (χ2n) is 3.15. The fraction of sp³-hybridized carbons (Fsp3) is 0.500. The van der Waals surface area contributed by atoms with E-state index in [1.54, 1.807) is 0 Å². The SMILES string of the molecule is CC1=C(I)S/C(=C2/SC(I)C(CN=[N+]=[N-])S2)S1. The lowest BCUT2D eigenvalue weighted by molar-refractivity contribution is 0.947. The van der Waals surface area contributed by atoms with Crippen LogP contribution in [0.3, 0.4) is 0 Å². The average molecular weight is 527 g/mol. The van der Waals surface area contributed by atoms with Crippen LogP contribution in [0.25, 0.3) is 10.4 Å². The topological polar surface area (TPSA) is 48.8 Å². The molecule has 0 amide bonds. The Morgan fingerprint density at radius 2 is 2.12 bits per heavy atom. The monoisotopic (exact) mass is 527 g/mol. The molecule has 2 unspecified atom stereocenters. The van der Waals surface area contributed by atoms with Crippen molar-refractivity contribution < 1.29 is 0 Å². The third-order valence-corrected chi connectivity index (χ3v) is 11.7. The largest absolute Gasteiger partial charge is 0.112 e. The predicted octanol–water partition coefficient (Wildman–Crippen LogP) is 6.14. The molecule has 2 atom stereocenters. The molecule has 0 spiro atoms. The maximum Gasteiger partial charge on any atom is 0.0740 e. The van der Waals surface area contributed by atoms with E-state index in [-0.39, 0.29) is 0 Å². The average Bonchev–Trinajstić information content (AvgIpc) is 2.81. The van der Waals surface area contributed by atoms with E-state index in [0.717, 1.165) is 0 Å². The summed E-state index contributed by atoms with van der Waals surface area (Å²) in [4.78, 5) is 4.23.